The summed E-state index contributed by atoms with van der Waals surface area (Å²) in [6.45, 7) is 7.86. The van der Waals surface area contributed by atoms with Crippen molar-refractivity contribution in [2.75, 3.05) is 33.3 Å². The van der Waals surface area contributed by atoms with Crippen molar-refractivity contribution < 1.29 is 5.11 Å². The van der Waals surface area contributed by atoms with Crippen LogP contribution in [-0.2, 0) is 0 Å². The van der Waals surface area contributed by atoms with E-state index in [9.17, 15) is 5.11 Å². The Morgan fingerprint density at radius 1 is 1.46 bits per heavy atom. The van der Waals surface area contributed by atoms with Crippen LogP contribution in [0.3, 0.4) is 0 Å². The molecule has 0 aromatic rings. The summed E-state index contributed by atoms with van der Waals surface area (Å²) in [5.41, 5.74) is 0. The van der Waals surface area contributed by atoms with Crippen LogP contribution in [0, 0.1) is 0 Å². The lowest BCUT2D eigenvalue weighted by Crippen LogP contribution is -2.43. The molecule has 1 N–H and O–H groups in total. The quantitative estimate of drug-likeness (QED) is 0.676. The highest BCUT2D eigenvalue weighted by molar-refractivity contribution is 4.80. The molecule has 0 saturated carbocycles. The van der Waals surface area contributed by atoms with Crippen molar-refractivity contribution in [3.8, 4) is 0 Å². The third kappa shape index (κ3) is 2.66. The van der Waals surface area contributed by atoms with Gasteiger partial charge in [-0.05, 0) is 26.9 Å². The summed E-state index contributed by atoms with van der Waals surface area (Å²) < 4.78 is 0. The average Bonchev–Trinajstić information content (AvgIpc) is 2.27. The standard InChI is InChI=1S/C10H22N2O/c1-4-12-6-5-9(2)11(3)7-10(12)8-13/h9-10,13H,4-8H2,1-3H3. The van der Waals surface area contributed by atoms with E-state index in [1.54, 1.807) is 0 Å². The van der Waals surface area contributed by atoms with Gasteiger partial charge in [-0.15, -0.1) is 0 Å². The molecule has 0 aromatic heterocycles. The van der Waals surface area contributed by atoms with Gasteiger partial charge < -0.3 is 10.0 Å². The summed E-state index contributed by atoms with van der Waals surface area (Å²) in [5.74, 6) is 0. The van der Waals surface area contributed by atoms with Crippen LogP contribution in [0.25, 0.3) is 0 Å². The fourth-order valence-corrected chi connectivity index (χ4v) is 1.97. The summed E-state index contributed by atoms with van der Waals surface area (Å²) in [6.07, 6.45) is 1.21. The van der Waals surface area contributed by atoms with Gasteiger partial charge in [-0.3, -0.25) is 4.90 Å². The van der Waals surface area contributed by atoms with Crippen LogP contribution in [-0.4, -0.2) is 60.3 Å². The molecule has 0 aliphatic carbocycles. The van der Waals surface area contributed by atoms with Crippen LogP contribution < -0.4 is 0 Å². The minimum Gasteiger partial charge on any atom is -0.395 e. The molecule has 1 heterocycles. The van der Waals surface area contributed by atoms with Crippen molar-refractivity contribution >= 4 is 0 Å². The van der Waals surface area contributed by atoms with E-state index >= 15 is 0 Å². The first-order valence-electron chi connectivity index (χ1n) is 5.24. The first kappa shape index (κ1) is 11.0. The Hall–Kier alpha value is -0.120. The molecule has 0 amide bonds. The van der Waals surface area contributed by atoms with Gasteiger partial charge in [-0.25, -0.2) is 0 Å². The fraction of sp³-hybridized carbons (Fsp3) is 1.00. The minimum atomic E-state index is 0.283. The number of aliphatic hydroxyl groups is 1. The van der Waals surface area contributed by atoms with Gasteiger partial charge in [0.2, 0.25) is 0 Å². The van der Waals surface area contributed by atoms with Gasteiger partial charge >= 0.3 is 0 Å². The smallest absolute Gasteiger partial charge is 0.0599 e. The SMILES string of the molecule is CCN1CCC(C)N(C)CC1CO. The molecule has 0 bridgehead atoms. The molecule has 0 spiro atoms. The summed E-state index contributed by atoms with van der Waals surface area (Å²) in [5, 5.41) is 9.25. The largest absolute Gasteiger partial charge is 0.395 e. The molecule has 13 heavy (non-hydrogen) atoms. The molecular weight excluding hydrogens is 164 g/mol. The van der Waals surface area contributed by atoms with Gasteiger partial charge in [0.05, 0.1) is 6.61 Å². The van der Waals surface area contributed by atoms with Gasteiger partial charge in [0.15, 0.2) is 0 Å². The van der Waals surface area contributed by atoms with E-state index < -0.39 is 0 Å². The molecule has 0 aromatic carbocycles. The Labute approximate surface area is 81.3 Å². The lowest BCUT2D eigenvalue weighted by atomic mass is 10.2. The molecule has 3 nitrogen and oxygen atoms in total. The van der Waals surface area contributed by atoms with Crippen LogP contribution in [0.2, 0.25) is 0 Å². The Bertz CT molecular complexity index is 152. The summed E-state index contributed by atoms with van der Waals surface area (Å²) in [7, 11) is 2.15. The molecule has 1 aliphatic rings. The fourth-order valence-electron chi connectivity index (χ4n) is 1.97. The van der Waals surface area contributed by atoms with Crippen LogP contribution in [0.15, 0.2) is 0 Å². The molecule has 1 fully saturated rings. The molecule has 2 unspecified atom stereocenters. The second-order valence-electron chi connectivity index (χ2n) is 4.04. The van der Waals surface area contributed by atoms with Crippen LogP contribution in [0.1, 0.15) is 20.3 Å². The van der Waals surface area contributed by atoms with Gasteiger partial charge in [-0.1, -0.05) is 6.92 Å². The highest BCUT2D eigenvalue weighted by Crippen LogP contribution is 2.12. The maximum absolute atomic E-state index is 9.25. The Morgan fingerprint density at radius 2 is 2.15 bits per heavy atom. The van der Waals surface area contributed by atoms with Crippen molar-refractivity contribution in [2.24, 2.45) is 0 Å². The van der Waals surface area contributed by atoms with E-state index in [0.717, 1.165) is 19.6 Å². The number of hydrogen-bond donors (Lipinski definition) is 1. The van der Waals surface area contributed by atoms with E-state index in [2.05, 4.69) is 30.7 Å². The van der Waals surface area contributed by atoms with E-state index in [1.165, 1.54) is 6.42 Å². The molecule has 1 rings (SSSR count). The number of hydrogen-bond acceptors (Lipinski definition) is 3. The number of nitrogens with zero attached hydrogens (tertiary/aromatic N) is 2. The van der Waals surface area contributed by atoms with Crippen molar-refractivity contribution in [1.82, 2.24) is 9.80 Å². The maximum Gasteiger partial charge on any atom is 0.0599 e. The zero-order valence-electron chi connectivity index (χ0n) is 9.03. The Balaban J connectivity index is 2.58. The molecule has 2 atom stereocenters. The highest BCUT2D eigenvalue weighted by atomic mass is 16.3. The van der Waals surface area contributed by atoms with E-state index in [4.69, 9.17) is 0 Å². The average molecular weight is 186 g/mol. The number of rotatable bonds is 2. The van der Waals surface area contributed by atoms with Gasteiger partial charge in [0.1, 0.15) is 0 Å². The van der Waals surface area contributed by atoms with Crippen LogP contribution >= 0.6 is 0 Å². The lowest BCUT2D eigenvalue weighted by Gasteiger charge is -2.28. The molecule has 0 radical (unpaired) electrons. The number of aliphatic hydroxyl groups excluding tert-OH is 1. The maximum atomic E-state index is 9.25. The van der Waals surface area contributed by atoms with Crippen LogP contribution in [0.5, 0.6) is 0 Å². The highest BCUT2D eigenvalue weighted by Gasteiger charge is 2.24. The molecule has 3 heteroatoms. The van der Waals surface area contributed by atoms with Crippen LogP contribution in [0.4, 0.5) is 0 Å². The van der Waals surface area contributed by atoms with Crippen molar-refractivity contribution in [3.05, 3.63) is 0 Å². The normalized spacial score (nSPS) is 33.2. The van der Waals surface area contributed by atoms with E-state index in [0.29, 0.717) is 12.1 Å². The Kier molecular flexibility index (Phi) is 4.16. The molecule has 1 saturated heterocycles. The first-order valence-corrected chi connectivity index (χ1v) is 5.24. The molecule has 1 aliphatic heterocycles. The Morgan fingerprint density at radius 3 is 2.69 bits per heavy atom. The second-order valence-corrected chi connectivity index (χ2v) is 4.04. The topological polar surface area (TPSA) is 26.7 Å². The molecular formula is C10H22N2O. The molecule has 78 valence electrons. The van der Waals surface area contributed by atoms with E-state index in [-0.39, 0.29) is 6.61 Å². The monoisotopic (exact) mass is 186 g/mol. The van der Waals surface area contributed by atoms with Crippen molar-refractivity contribution in [3.63, 3.8) is 0 Å². The minimum absolute atomic E-state index is 0.283. The third-order valence-electron chi connectivity index (χ3n) is 3.22. The summed E-state index contributed by atoms with van der Waals surface area (Å²) >= 11 is 0. The van der Waals surface area contributed by atoms with Gasteiger partial charge in [-0.2, -0.15) is 0 Å². The van der Waals surface area contributed by atoms with Gasteiger partial charge in [0.25, 0.3) is 0 Å². The predicted molar refractivity (Wildman–Crippen MR) is 54.8 cm³/mol. The summed E-state index contributed by atoms with van der Waals surface area (Å²) in [4.78, 5) is 4.72. The predicted octanol–water partition coefficient (Wildman–Crippen LogP) is 0.393. The second kappa shape index (κ2) is 4.94. The lowest BCUT2D eigenvalue weighted by molar-refractivity contribution is 0.119. The van der Waals surface area contributed by atoms with Crippen molar-refractivity contribution in [1.29, 1.82) is 0 Å². The van der Waals surface area contributed by atoms with Crippen molar-refractivity contribution in [2.45, 2.75) is 32.4 Å². The van der Waals surface area contributed by atoms with E-state index in [1.807, 2.05) is 0 Å². The summed E-state index contributed by atoms with van der Waals surface area (Å²) in [6, 6.07) is 0.977. The zero-order valence-corrected chi connectivity index (χ0v) is 9.03. The third-order valence-corrected chi connectivity index (χ3v) is 3.22. The van der Waals surface area contributed by atoms with Gasteiger partial charge in [0, 0.05) is 25.2 Å². The number of likely N-dealkylation sites (N-methyl/N-ethyl adjacent to an activating group) is 2. The first-order chi connectivity index (χ1) is 6.19. The zero-order chi connectivity index (χ0) is 9.84.